The number of aliphatic hydroxyl groups is 1. The van der Waals surface area contributed by atoms with Gasteiger partial charge in [0.15, 0.2) is 0 Å². The molecule has 1 aromatic heterocycles. The smallest absolute Gasteiger partial charge is 0.224 e. The molecule has 112 valence electrons. The summed E-state index contributed by atoms with van der Waals surface area (Å²) in [5.74, 6) is 0.554. The molecule has 0 bridgehead atoms. The topological polar surface area (TPSA) is 58.0 Å². The number of para-hydroxylation sites is 1. The van der Waals surface area contributed by atoms with Crippen molar-refractivity contribution in [3.8, 4) is 11.3 Å². The molecule has 0 aliphatic rings. The largest absolute Gasteiger partial charge is 0.394 e. The van der Waals surface area contributed by atoms with E-state index in [2.05, 4.69) is 15.3 Å². The molecule has 0 amide bonds. The summed E-state index contributed by atoms with van der Waals surface area (Å²) >= 11 is 0. The van der Waals surface area contributed by atoms with Gasteiger partial charge >= 0.3 is 0 Å². The summed E-state index contributed by atoms with van der Waals surface area (Å²) in [4.78, 5) is 9.24. The van der Waals surface area contributed by atoms with Crippen LogP contribution in [0.25, 0.3) is 22.2 Å². The molecule has 0 aliphatic carbocycles. The van der Waals surface area contributed by atoms with Crippen molar-refractivity contribution in [3.63, 3.8) is 0 Å². The number of fused-ring (bicyclic) bond motifs is 1. The Morgan fingerprint density at radius 3 is 2.45 bits per heavy atom. The highest BCUT2D eigenvalue weighted by Gasteiger charge is 2.11. The summed E-state index contributed by atoms with van der Waals surface area (Å²) < 4.78 is 0. The molecule has 0 unspecified atom stereocenters. The van der Waals surface area contributed by atoms with Gasteiger partial charge in [0.2, 0.25) is 5.95 Å². The lowest BCUT2D eigenvalue weighted by atomic mass is 10.1. The van der Waals surface area contributed by atoms with Crippen LogP contribution < -0.4 is 5.32 Å². The van der Waals surface area contributed by atoms with E-state index >= 15 is 0 Å². The summed E-state index contributed by atoms with van der Waals surface area (Å²) in [6.45, 7) is 2.08. The third kappa shape index (κ3) is 2.92. The van der Waals surface area contributed by atoms with Gasteiger partial charge in [-0.25, -0.2) is 9.97 Å². The van der Waals surface area contributed by atoms with Gasteiger partial charge in [-0.1, -0.05) is 55.5 Å². The Morgan fingerprint density at radius 1 is 1.00 bits per heavy atom. The van der Waals surface area contributed by atoms with Gasteiger partial charge < -0.3 is 10.4 Å². The third-order valence-corrected chi connectivity index (χ3v) is 3.70. The van der Waals surface area contributed by atoms with Crippen molar-refractivity contribution in [2.45, 2.75) is 19.4 Å². The number of nitrogens with zero attached hydrogens (tertiary/aromatic N) is 2. The summed E-state index contributed by atoms with van der Waals surface area (Å²) in [5, 5.41) is 13.6. The first-order valence-corrected chi connectivity index (χ1v) is 7.51. The van der Waals surface area contributed by atoms with Crippen molar-refractivity contribution in [1.82, 2.24) is 9.97 Å². The minimum atomic E-state index is -0.0372. The first-order valence-electron chi connectivity index (χ1n) is 7.51. The fraction of sp³-hybridized carbons (Fsp3) is 0.222. The fourth-order valence-corrected chi connectivity index (χ4v) is 2.42. The monoisotopic (exact) mass is 293 g/mol. The number of hydrogen-bond acceptors (Lipinski definition) is 4. The van der Waals surface area contributed by atoms with E-state index in [1.54, 1.807) is 0 Å². The van der Waals surface area contributed by atoms with Crippen molar-refractivity contribution in [2.75, 3.05) is 11.9 Å². The molecule has 0 saturated carbocycles. The SMILES string of the molecule is CC[C@H](CO)Nc1nc(-c2ccccc2)c2ccccc2n1. The van der Waals surface area contributed by atoms with Gasteiger partial charge in [-0.3, -0.25) is 0 Å². The lowest BCUT2D eigenvalue weighted by Gasteiger charge is -2.15. The predicted octanol–water partition coefficient (Wildman–Crippen LogP) is 3.48. The van der Waals surface area contributed by atoms with Gasteiger partial charge in [0.05, 0.1) is 23.9 Å². The van der Waals surface area contributed by atoms with Crippen LogP contribution in [0.5, 0.6) is 0 Å². The molecule has 3 rings (SSSR count). The van der Waals surface area contributed by atoms with Crippen molar-refractivity contribution < 1.29 is 5.11 Å². The zero-order valence-corrected chi connectivity index (χ0v) is 12.5. The first-order chi connectivity index (χ1) is 10.8. The van der Waals surface area contributed by atoms with Gasteiger partial charge in [-0.05, 0) is 12.5 Å². The molecule has 2 N–H and O–H groups in total. The Hall–Kier alpha value is -2.46. The number of benzene rings is 2. The highest BCUT2D eigenvalue weighted by Crippen LogP contribution is 2.27. The van der Waals surface area contributed by atoms with Gasteiger partial charge in [-0.15, -0.1) is 0 Å². The second-order valence-corrected chi connectivity index (χ2v) is 5.21. The maximum absolute atomic E-state index is 9.37. The highest BCUT2D eigenvalue weighted by atomic mass is 16.3. The molecular formula is C18H19N3O. The molecule has 0 radical (unpaired) electrons. The normalized spacial score (nSPS) is 12.3. The number of anilines is 1. The van der Waals surface area contributed by atoms with Crippen LogP contribution in [0.4, 0.5) is 5.95 Å². The van der Waals surface area contributed by atoms with Crippen molar-refractivity contribution in [1.29, 1.82) is 0 Å². The molecule has 4 nitrogen and oxygen atoms in total. The molecule has 0 spiro atoms. The van der Waals surface area contributed by atoms with Gasteiger partial charge in [-0.2, -0.15) is 0 Å². The van der Waals surface area contributed by atoms with E-state index in [1.807, 2.05) is 61.5 Å². The Bertz CT molecular complexity index is 755. The van der Waals surface area contributed by atoms with Crippen LogP contribution in [0.15, 0.2) is 54.6 Å². The Labute approximate surface area is 129 Å². The van der Waals surface area contributed by atoms with Crippen LogP contribution in [0.3, 0.4) is 0 Å². The summed E-state index contributed by atoms with van der Waals surface area (Å²) in [6, 6.07) is 18.0. The third-order valence-electron chi connectivity index (χ3n) is 3.70. The van der Waals surface area contributed by atoms with E-state index in [4.69, 9.17) is 0 Å². The van der Waals surface area contributed by atoms with Crippen molar-refractivity contribution in [3.05, 3.63) is 54.6 Å². The van der Waals surface area contributed by atoms with Crippen molar-refractivity contribution >= 4 is 16.9 Å². The molecule has 3 aromatic rings. The standard InChI is InChI=1S/C18H19N3O/c1-2-14(12-22)19-18-20-16-11-7-6-10-15(16)17(21-18)13-8-4-3-5-9-13/h3-11,14,22H,2,12H2,1H3,(H,19,20,21)/t14-/m1/s1. The van der Waals surface area contributed by atoms with Gasteiger partial charge in [0.1, 0.15) is 0 Å². The predicted molar refractivity (Wildman–Crippen MR) is 89.8 cm³/mol. The van der Waals surface area contributed by atoms with E-state index in [1.165, 1.54) is 0 Å². The molecule has 0 aliphatic heterocycles. The molecule has 22 heavy (non-hydrogen) atoms. The molecule has 0 fully saturated rings. The Morgan fingerprint density at radius 2 is 1.73 bits per heavy atom. The van der Waals surface area contributed by atoms with Gasteiger partial charge in [0.25, 0.3) is 0 Å². The van der Waals surface area contributed by atoms with Crippen LogP contribution in [0.2, 0.25) is 0 Å². The fourth-order valence-electron chi connectivity index (χ4n) is 2.42. The van der Waals surface area contributed by atoms with Crippen LogP contribution in [0.1, 0.15) is 13.3 Å². The first kappa shape index (κ1) is 14.5. The van der Waals surface area contributed by atoms with E-state index in [0.717, 1.165) is 28.6 Å². The molecule has 0 saturated heterocycles. The van der Waals surface area contributed by atoms with Crippen LogP contribution in [0, 0.1) is 0 Å². The van der Waals surface area contributed by atoms with E-state index in [0.29, 0.717) is 5.95 Å². The Kier molecular flexibility index (Phi) is 4.30. The lowest BCUT2D eigenvalue weighted by molar-refractivity contribution is 0.271. The summed E-state index contributed by atoms with van der Waals surface area (Å²) in [7, 11) is 0. The quantitative estimate of drug-likeness (QED) is 0.756. The van der Waals surface area contributed by atoms with Crippen LogP contribution in [-0.2, 0) is 0 Å². The van der Waals surface area contributed by atoms with Crippen LogP contribution in [-0.4, -0.2) is 27.7 Å². The summed E-state index contributed by atoms with van der Waals surface area (Å²) in [6.07, 6.45) is 0.813. The van der Waals surface area contributed by atoms with Crippen molar-refractivity contribution in [2.24, 2.45) is 0 Å². The number of rotatable bonds is 5. The van der Waals surface area contributed by atoms with E-state index in [9.17, 15) is 5.11 Å². The minimum Gasteiger partial charge on any atom is -0.394 e. The van der Waals surface area contributed by atoms with E-state index in [-0.39, 0.29) is 12.6 Å². The van der Waals surface area contributed by atoms with Crippen LogP contribution >= 0.6 is 0 Å². The molecule has 4 heteroatoms. The second-order valence-electron chi connectivity index (χ2n) is 5.21. The molecular weight excluding hydrogens is 274 g/mol. The maximum atomic E-state index is 9.37. The summed E-state index contributed by atoms with van der Waals surface area (Å²) in [5.41, 5.74) is 2.86. The maximum Gasteiger partial charge on any atom is 0.224 e. The minimum absolute atomic E-state index is 0.0372. The van der Waals surface area contributed by atoms with Gasteiger partial charge in [0, 0.05) is 10.9 Å². The number of nitrogens with one attached hydrogen (secondary N) is 1. The zero-order chi connectivity index (χ0) is 15.4. The molecule has 1 heterocycles. The zero-order valence-electron chi connectivity index (χ0n) is 12.5. The van der Waals surface area contributed by atoms with E-state index < -0.39 is 0 Å². The number of hydrogen-bond donors (Lipinski definition) is 2. The number of aliphatic hydroxyl groups excluding tert-OH is 1. The highest BCUT2D eigenvalue weighted by molar-refractivity contribution is 5.93. The number of aromatic nitrogens is 2. The average Bonchev–Trinajstić information content (AvgIpc) is 2.59. The lowest BCUT2D eigenvalue weighted by Crippen LogP contribution is -2.24. The second kappa shape index (κ2) is 6.54. The Balaban J connectivity index is 2.12. The molecule has 1 atom stereocenters. The average molecular weight is 293 g/mol. The molecule has 2 aromatic carbocycles.